The zero-order valence-electron chi connectivity index (χ0n) is 6.77. The van der Waals surface area contributed by atoms with Gasteiger partial charge in [-0.05, 0) is 5.92 Å². The van der Waals surface area contributed by atoms with Crippen molar-refractivity contribution >= 4 is 20.0 Å². The van der Waals surface area contributed by atoms with E-state index < -0.39 is 25.9 Å². The Hall–Kier alpha value is -0.870. The van der Waals surface area contributed by atoms with Crippen molar-refractivity contribution in [3.05, 3.63) is 0 Å². The van der Waals surface area contributed by atoms with E-state index in [2.05, 4.69) is 0 Å². The van der Waals surface area contributed by atoms with E-state index in [9.17, 15) is 14.2 Å². The Morgan fingerprint density at radius 3 is 1.77 bits per heavy atom. The minimum Gasteiger partial charge on any atom is -0.481 e. The van der Waals surface area contributed by atoms with Crippen LogP contribution in [0, 0.1) is 5.92 Å². The van der Waals surface area contributed by atoms with Gasteiger partial charge in [0, 0.05) is 19.0 Å². The van der Waals surface area contributed by atoms with Gasteiger partial charge >= 0.3 is 11.9 Å². The van der Waals surface area contributed by atoms with E-state index in [1.54, 1.807) is 0 Å². The summed E-state index contributed by atoms with van der Waals surface area (Å²) in [5.74, 6) is -3.07. The second-order valence-corrected chi connectivity index (χ2v) is 3.86. The number of hydrogen-bond acceptors (Lipinski definition) is 3. The molecule has 0 rings (SSSR count). The molecule has 0 radical (unpaired) electrons. The fraction of sp³-hybridized carbons (Fsp3) is 0.667. The van der Waals surface area contributed by atoms with Crippen molar-refractivity contribution in [1.29, 1.82) is 0 Å². The summed E-state index contributed by atoms with van der Waals surface area (Å²) in [6, 6.07) is 0. The fourth-order valence-corrected chi connectivity index (χ4v) is 1.74. The van der Waals surface area contributed by atoms with E-state index >= 15 is 0 Å². The smallest absolute Gasteiger partial charge is 0.303 e. The molecule has 0 aliphatic heterocycles. The molecular formula is C6H11O6P. The molecule has 76 valence electrons. The van der Waals surface area contributed by atoms with Gasteiger partial charge < -0.3 is 15.1 Å². The van der Waals surface area contributed by atoms with Crippen molar-refractivity contribution in [2.24, 2.45) is 5.92 Å². The molecule has 0 aromatic carbocycles. The third-order valence-corrected chi connectivity index (χ3v) is 2.32. The Bertz CT molecular complexity index is 187. The van der Waals surface area contributed by atoms with Crippen LogP contribution in [0.4, 0.5) is 0 Å². The lowest BCUT2D eigenvalue weighted by molar-refractivity contribution is -0.140. The zero-order valence-corrected chi connectivity index (χ0v) is 7.77. The third-order valence-electron chi connectivity index (χ3n) is 1.39. The lowest BCUT2D eigenvalue weighted by atomic mass is 10.0. The van der Waals surface area contributed by atoms with Gasteiger partial charge in [0.25, 0.3) is 0 Å². The number of rotatable bonds is 6. The Morgan fingerprint density at radius 1 is 1.15 bits per heavy atom. The van der Waals surface area contributed by atoms with Crippen molar-refractivity contribution in [2.75, 3.05) is 6.16 Å². The second kappa shape index (κ2) is 5.72. The standard InChI is InChI=1S/C6H11O6P/c7-5(8)1-4(2-6(9)10)3-13(11)12/h4,13H,1-3H2,(H,7,8)(H,9,10)(H,11,12). The Balaban J connectivity index is 4.10. The predicted octanol–water partition coefficient (Wildman–Crippen LogP) is 0.0190. The molecule has 0 aromatic rings. The number of carboxylic acids is 2. The van der Waals surface area contributed by atoms with Crippen LogP contribution < -0.4 is 0 Å². The summed E-state index contributed by atoms with van der Waals surface area (Å²) >= 11 is 0. The summed E-state index contributed by atoms with van der Waals surface area (Å²) in [6.07, 6.45) is -1.02. The van der Waals surface area contributed by atoms with Crippen LogP contribution in [0.15, 0.2) is 0 Å². The Morgan fingerprint density at radius 2 is 1.54 bits per heavy atom. The first-order valence-corrected chi connectivity index (χ1v) is 5.13. The van der Waals surface area contributed by atoms with E-state index in [0.29, 0.717) is 0 Å². The van der Waals surface area contributed by atoms with Gasteiger partial charge in [0.1, 0.15) is 0 Å². The molecule has 0 saturated carbocycles. The fourth-order valence-electron chi connectivity index (χ4n) is 0.957. The molecule has 0 aromatic heterocycles. The molecule has 3 N–H and O–H groups in total. The Kier molecular flexibility index (Phi) is 5.34. The van der Waals surface area contributed by atoms with Crippen molar-refractivity contribution in [1.82, 2.24) is 0 Å². The third kappa shape index (κ3) is 7.49. The monoisotopic (exact) mass is 210 g/mol. The molecule has 0 heterocycles. The molecule has 7 heteroatoms. The molecule has 1 unspecified atom stereocenters. The highest BCUT2D eigenvalue weighted by atomic mass is 31.1. The van der Waals surface area contributed by atoms with Gasteiger partial charge in [0.2, 0.25) is 0 Å². The first-order chi connectivity index (χ1) is 5.91. The second-order valence-electron chi connectivity index (χ2n) is 2.66. The molecule has 1 atom stereocenters. The summed E-state index contributed by atoms with van der Waals surface area (Å²) < 4.78 is 10.4. The maximum Gasteiger partial charge on any atom is 0.303 e. The minimum atomic E-state index is -2.80. The van der Waals surface area contributed by atoms with Crippen LogP contribution in [0.3, 0.4) is 0 Å². The number of aliphatic carboxylic acids is 2. The molecule has 0 aliphatic rings. The molecule has 0 spiro atoms. The summed E-state index contributed by atoms with van der Waals surface area (Å²) in [5, 5.41) is 16.7. The topological polar surface area (TPSA) is 112 Å². The predicted molar refractivity (Wildman–Crippen MR) is 44.1 cm³/mol. The lowest BCUT2D eigenvalue weighted by Gasteiger charge is -2.08. The van der Waals surface area contributed by atoms with Crippen molar-refractivity contribution in [2.45, 2.75) is 12.8 Å². The highest BCUT2D eigenvalue weighted by molar-refractivity contribution is 7.38. The van der Waals surface area contributed by atoms with E-state index in [0.717, 1.165) is 0 Å². The zero-order chi connectivity index (χ0) is 10.4. The maximum absolute atomic E-state index is 10.4. The van der Waals surface area contributed by atoms with Gasteiger partial charge in [-0.3, -0.25) is 14.2 Å². The SMILES string of the molecule is O=C(O)CC(CC(=O)O)C[PH](=O)O. The van der Waals surface area contributed by atoms with Crippen molar-refractivity contribution in [3.63, 3.8) is 0 Å². The van der Waals surface area contributed by atoms with E-state index in [1.165, 1.54) is 0 Å². The van der Waals surface area contributed by atoms with Gasteiger partial charge in [-0.2, -0.15) is 0 Å². The first-order valence-electron chi connectivity index (χ1n) is 3.57. The molecular weight excluding hydrogens is 199 g/mol. The first kappa shape index (κ1) is 12.1. The van der Waals surface area contributed by atoms with E-state index in [-0.39, 0.29) is 19.0 Å². The lowest BCUT2D eigenvalue weighted by Crippen LogP contribution is -2.14. The van der Waals surface area contributed by atoms with E-state index in [1.807, 2.05) is 0 Å². The minimum absolute atomic E-state index is 0.247. The van der Waals surface area contributed by atoms with Gasteiger partial charge in [0.05, 0.1) is 0 Å². The quantitative estimate of drug-likeness (QED) is 0.532. The number of hydrogen-bond donors (Lipinski definition) is 3. The number of carbonyl (C=O) groups is 2. The summed E-state index contributed by atoms with van der Waals surface area (Å²) in [4.78, 5) is 28.9. The highest BCUT2D eigenvalue weighted by Gasteiger charge is 2.18. The van der Waals surface area contributed by atoms with Gasteiger partial charge in [-0.1, -0.05) is 0 Å². The van der Waals surface area contributed by atoms with Crippen LogP contribution >= 0.6 is 8.03 Å². The van der Waals surface area contributed by atoms with Crippen LogP contribution in [0.1, 0.15) is 12.8 Å². The molecule has 0 aliphatic carbocycles. The van der Waals surface area contributed by atoms with Crippen LogP contribution in [0.25, 0.3) is 0 Å². The summed E-state index contributed by atoms with van der Waals surface area (Å²) in [5.41, 5.74) is 0. The molecule has 0 amide bonds. The van der Waals surface area contributed by atoms with Crippen molar-refractivity contribution < 1.29 is 29.3 Å². The average molecular weight is 210 g/mol. The summed E-state index contributed by atoms with van der Waals surface area (Å²) in [6.45, 7) is 0. The van der Waals surface area contributed by atoms with Gasteiger partial charge in [-0.25, -0.2) is 0 Å². The average Bonchev–Trinajstić information content (AvgIpc) is 1.80. The van der Waals surface area contributed by atoms with E-state index in [4.69, 9.17) is 15.1 Å². The van der Waals surface area contributed by atoms with Crippen LogP contribution in [0.5, 0.6) is 0 Å². The normalized spacial score (nSPS) is 12.8. The maximum atomic E-state index is 10.4. The Labute approximate surface area is 75.1 Å². The molecule has 0 saturated heterocycles. The van der Waals surface area contributed by atoms with Crippen LogP contribution in [-0.4, -0.2) is 33.2 Å². The highest BCUT2D eigenvalue weighted by Crippen LogP contribution is 2.22. The van der Waals surface area contributed by atoms with Gasteiger partial charge in [-0.15, -0.1) is 0 Å². The van der Waals surface area contributed by atoms with Gasteiger partial charge in [0.15, 0.2) is 8.03 Å². The van der Waals surface area contributed by atoms with Crippen LogP contribution in [0.2, 0.25) is 0 Å². The molecule has 13 heavy (non-hydrogen) atoms. The summed E-state index contributed by atoms with van der Waals surface area (Å²) in [7, 11) is -2.80. The number of carboxylic acid groups (broad SMARTS) is 2. The molecule has 6 nitrogen and oxygen atoms in total. The molecule has 0 bridgehead atoms. The van der Waals surface area contributed by atoms with Crippen LogP contribution in [-0.2, 0) is 14.2 Å². The van der Waals surface area contributed by atoms with Crippen molar-refractivity contribution in [3.8, 4) is 0 Å². The molecule has 0 fully saturated rings. The largest absolute Gasteiger partial charge is 0.481 e.